The number of nitrogens with one attached hydrogen (secondary N) is 1. The van der Waals surface area contributed by atoms with Crippen molar-refractivity contribution in [3.8, 4) is 0 Å². The lowest BCUT2D eigenvalue weighted by atomic mass is 10.1. The van der Waals surface area contributed by atoms with Crippen LogP contribution in [-0.4, -0.2) is 34.7 Å². The van der Waals surface area contributed by atoms with Gasteiger partial charge in [0.15, 0.2) is 0 Å². The van der Waals surface area contributed by atoms with E-state index in [1.807, 2.05) is 0 Å². The molecular weight excluding hydrogens is 393 g/mol. The molecular formula is C19H19F3N2O3S. The lowest BCUT2D eigenvalue weighted by molar-refractivity contribution is -0.137. The normalized spacial score (nSPS) is 15.8. The van der Waals surface area contributed by atoms with Gasteiger partial charge in [0.05, 0.1) is 35.6 Å². The van der Waals surface area contributed by atoms with Gasteiger partial charge >= 0.3 is 6.18 Å². The fourth-order valence-corrected chi connectivity index (χ4v) is 3.67. The van der Waals surface area contributed by atoms with Crippen LogP contribution in [0, 0.1) is 0 Å². The van der Waals surface area contributed by atoms with E-state index in [2.05, 4.69) is 4.72 Å². The predicted molar refractivity (Wildman–Crippen MR) is 102 cm³/mol. The molecule has 0 amide bonds. The van der Waals surface area contributed by atoms with E-state index >= 15 is 0 Å². The Morgan fingerprint density at radius 3 is 2.36 bits per heavy atom. The van der Waals surface area contributed by atoms with E-state index in [1.54, 1.807) is 35.2 Å². The van der Waals surface area contributed by atoms with Crippen LogP contribution in [0.1, 0.15) is 11.1 Å². The van der Waals surface area contributed by atoms with Gasteiger partial charge in [-0.3, -0.25) is 4.72 Å². The average Bonchev–Trinajstić information content (AvgIpc) is 2.67. The Hall–Kier alpha value is -2.52. The highest BCUT2D eigenvalue weighted by Crippen LogP contribution is 2.36. The topological polar surface area (TPSA) is 58.6 Å². The van der Waals surface area contributed by atoms with Crippen molar-refractivity contribution >= 4 is 27.5 Å². The molecule has 2 aromatic rings. The van der Waals surface area contributed by atoms with Crippen LogP contribution < -0.4 is 9.62 Å². The van der Waals surface area contributed by atoms with Crippen LogP contribution >= 0.6 is 0 Å². The van der Waals surface area contributed by atoms with E-state index in [1.165, 1.54) is 12.1 Å². The van der Waals surface area contributed by atoms with E-state index in [0.717, 1.165) is 17.5 Å². The van der Waals surface area contributed by atoms with E-state index in [-0.39, 0.29) is 5.69 Å². The van der Waals surface area contributed by atoms with Crippen molar-refractivity contribution in [1.29, 1.82) is 0 Å². The van der Waals surface area contributed by atoms with Crippen molar-refractivity contribution in [2.75, 3.05) is 35.9 Å². The Labute approximate surface area is 161 Å². The highest BCUT2D eigenvalue weighted by atomic mass is 32.2. The van der Waals surface area contributed by atoms with Crippen LogP contribution in [0.2, 0.25) is 0 Å². The highest BCUT2D eigenvalue weighted by Gasteiger charge is 2.32. The smallest absolute Gasteiger partial charge is 0.378 e. The van der Waals surface area contributed by atoms with Crippen molar-refractivity contribution < 1.29 is 26.3 Å². The predicted octanol–water partition coefficient (Wildman–Crippen LogP) is 3.95. The SMILES string of the molecule is O=S(=O)(/C=C/c1ccccc1)Nc1cc(C(F)(F)F)ccc1N1CCOCC1. The first-order valence-corrected chi connectivity index (χ1v) is 10.1. The van der Waals surface area contributed by atoms with Gasteiger partial charge in [0.25, 0.3) is 10.0 Å². The highest BCUT2D eigenvalue weighted by molar-refractivity contribution is 7.95. The van der Waals surface area contributed by atoms with Gasteiger partial charge in [0.2, 0.25) is 0 Å². The number of hydrogen-bond acceptors (Lipinski definition) is 4. The van der Waals surface area contributed by atoms with Gasteiger partial charge in [-0.1, -0.05) is 30.3 Å². The third kappa shape index (κ3) is 5.26. The molecule has 0 spiro atoms. The molecule has 1 fully saturated rings. The van der Waals surface area contributed by atoms with Crippen molar-refractivity contribution in [2.45, 2.75) is 6.18 Å². The summed E-state index contributed by atoms with van der Waals surface area (Å²) in [7, 11) is -4.01. The van der Waals surface area contributed by atoms with Gasteiger partial charge in [0, 0.05) is 13.1 Å². The Morgan fingerprint density at radius 2 is 1.71 bits per heavy atom. The molecule has 1 aliphatic heterocycles. The number of sulfonamides is 1. The molecule has 0 unspecified atom stereocenters. The summed E-state index contributed by atoms with van der Waals surface area (Å²) in [5.41, 5.74) is 0.00184. The van der Waals surface area contributed by atoms with Crippen molar-refractivity contribution in [2.24, 2.45) is 0 Å². The summed E-state index contributed by atoms with van der Waals surface area (Å²) in [6.45, 7) is 1.75. The summed E-state index contributed by atoms with van der Waals surface area (Å²) < 4.78 is 71.8. The molecule has 0 aromatic heterocycles. The van der Waals surface area contributed by atoms with E-state index < -0.39 is 21.8 Å². The number of hydrogen-bond donors (Lipinski definition) is 1. The maximum Gasteiger partial charge on any atom is 0.416 e. The lowest BCUT2D eigenvalue weighted by Gasteiger charge is -2.31. The molecule has 150 valence electrons. The van der Waals surface area contributed by atoms with Gasteiger partial charge in [-0.2, -0.15) is 13.2 Å². The second kappa shape index (κ2) is 8.24. The lowest BCUT2D eigenvalue weighted by Crippen LogP contribution is -2.36. The summed E-state index contributed by atoms with van der Waals surface area (Å²) in [6.07, 6.45) is -3.20. The summed E-state index contributed by atoms with van der Waals surface area (Å²) in [6, 6.07) is 11.8. The zero-order valence-corrected chi connectivity index (χ0v) is 15.6. The molecule has 9 heteroatoms. The zero-order valence-electron chi connectivity index (χ0n) is 14.8. The Kier molecular flexibility index (Phi) is 5.95. The second-order valence-electron chi connectivity index (χ2n) is 6.19. The number of rotatable bonds is 5. The van der Waals surface area contributed by atoms with Crippen LogP contribution in [0.3, 0.4) is 0 Å². The van der Waals surface area contributed by atoms with Gasteiger partial charge in [-0.25, -0.2) is 8.42 Å². The number of nitrogens with zero attached hydrogens (tertiary/aromatic N) is 1. The van der Waals surface area contributed by atoms with Crippen molar-refractivity contribution in [1.82, 2.24) is 0 Å². The van der Waals surface area contributed by atoms with Crippen molar-refractivity contribution in [3.63, 3.8) is 0 Å². The van der Waals surface area contributed by atoms with Crippen molar-refractivity contribution in [3.05, 3.63) is 65.1 Å². The summed E-state index contributed by atoms with van der Waals surface area (Å²) in [5, 5.41) is 0.936. The summed E-state index contributed by atoms with van der Waals surface area (Å²) in [4.78, 5) is 1.79. The number of halogens is 3. The minimum Gasteiger partial charge on any atom is -0.378 e. The molecule has 0 radical (unpaired) electrons. The minimum absolute atomic E-state index is 0.116. The molecule has 1 aliphatic rings. The van der Waals surface area contributed by atoms with Crippen LogP contribution in [0.5, 0.6) is 0 Å². The van der Waals surface area contributed by atoms with Gasteiger partial charge in [0.1, 0.15) is 0 Å². The Balaban J connectivity index is 1.92. The fourth-order valence-electron chi connectivity index (χ4n) is 2.79. The molecule has 1 saturated heterocycles. The Bertz CT molecular complexity index is 939. The van der Waals surface area contributed by atoms with Crippen LogP contribution in [-0.2, 0) is 20.9 Å². The number of anilines is 2. The number of morpholine rings is 1. The fraction of sp³-hybridized carbons (Fsp3) is 0.263. The zero-order chi connectivity index (χ0) is 20.2. The van der Waals surface area contributed by atoms with E-state index in [4.69, 9.17) is 4.74 Å². The van der Waals surface area contributed by atoms with Gasteiger partial charge in [-0.15, -0.1) is 0 Å². The van der Waals surface area contributed by atoms with Crippen LogP contribution in [0.4, 0.5) is 24.5 Å². The molecule has 0 aliphatic carbocycles. The Morgan fingerprint density at radius 1 is 1.04 bits per heavy atom. The quantitative estimate of drug-likeness (QED) is 0.808. The van der Waals surface area contributed by atoms with E-state index in [0.29, 0.717) is 37.6 Å². The minimum atomic E-state index is -4.58. The molecule has 3 rings (SSSR count). The monoisotopic (exact) mass is 412 g/mol. The molecule has 0 atom stereocenters. The summed E-state index contributed by atoms with van der Waals surface area (Å²) in [5.74, 6) is 0. The van der Waals surface area contributed by atoms with Crippen LogP contribution in [0.15, 0.2) is 53.9 Å². The standard InChI is InChI=1S/C19H19F3N2O3S/c20-19(21,22)16-6-7-18(24-9-11-27-12-10-24)17(14-16)23-28(25,26)13-8-15-4-2-1-3-5-15/h1-8,13-14,23H,9-12H2/b13-8+. The first kappa shape index (κ1) is 20.2. The second-order valence-corrected chi connectivity index (χ2v) is 7.76. The molecule has 2 aromatic carbocycles. The maximum absolute atomic E-state index is 13.1. The maximum atomic E-state index is 13.1. The largest absolute Gasteiger partial charge is 0.416 e. The number of benzene rings is 2. The number of alkyl halides is 3. The average molecular weight is 412 g/mol. The first-order chi connectivity index (χ1) is 13.2. The molecule has 5 nitrogen and oxygen atoms in total. The third-order valence-corrected chi connectivity index (χ3v) is 5.17. The van der Waals surface area contributed by atoms with Gasteiger partial charge < -0.3 is 9.64 Å². The van der Waals surface area contributed by atoms with E-state index in [9.17, 15) is 21.6 Å². The molecule has 28 heavy (non-hydrogen) atoms. The molecule has 1 N–H and O–H groups in total. The number of ether oxygens (including phenoxy) is 1. The summed E-state index contributed by atoms with van der Waals surface area (Å²) >= 11 is 0. The van der Waals surface area contributed by atoms with Gasteiger partial charge in [-0.05, 0) is 29.8 Å². The third-order valence-electron chi connectivity index (χ3n) is 4.17. The van der Waals surface area contributed by atoms with Crippen LogP contribution in [0.25, 0.3) is 6.08 Å². The first-order valence-electron chi connectivity index (χ1n) is 8.54. The molecule has 1 heterocycles. The molecule has 0 bridgehead atoms. The molecule has 0 saturated carbocycles.